The van der Waals surface area contributed by atoms with Crippen LogP contribution in [0.25, 0.3) is 10.9 Å². The van der Waals surface area contributed by atoms with E-state index in [2.05, 4.69) is 4.98 Å². The van der Waals surface area contributed by atoms with Crippen LogP contribution in [-0.2, 0) is 13.0 Å². The fourth-order valence-corrected chi connectivity index (χ4v) is 2.69. The van der Waals surface area contributed by atoms with Crippen LogP contribution in [0, 0.1) is 5.92 Å². The van der Waals surface area contributed by atoms with Gasteiger partial charge in [-0.25, -0.2) is 4.98 Å². The normalized spacial score (nSPS) is 12.6. The number of fused-ring (bicyclic) bond motifs is 1. The minimum Gasteiger partial charge on any atom is -0.469 e. The van der Waals surface area contributed by atoms with Crippen molar-refractivity contribution in [3.05, 3.63) is 64.1 Å². The Labute approximate surface area is 131 Å². The van der Waals surface area contributed by atoms with Crippen LogP contribution < -0.4 is 5.56 Å². The number of nitrogens with zero attached hydrogens (tertiary/aromatic N) is 2. The lowest BCUT2D eigenvalue weighted by molar-refractivity contribution is 0.203. The predicted molar refractivity (Wildman–Crippen MR) is 84.0 cm³/mol. The third-order valence-corrected chi connectivity index (χ3v) is 3.89. The van der Waals surface area contributed by atoms with Gasteiger partial charge in [0, 0.05) is 25.5 Å². The van der Waals surface area contributed by atoms with E-state index in [1.165, 1.54) is 10.9 Å². The average molecular weight is 319 g/mol. The number of hydrogen-bond donors (Lipinski definition) is 1. The van der Waals surface area contributed by atoms with Crippen molar-refractivity contribution in [1.29, 1.82) is 0 Å². The summed E-state index contributed by atoms with van der Waals surface area (Å²) in [5, 5.41) is 10.5. The van der Waals surface area contributed by atoms with E-state index in [0.29, 0.717) is 28.9 Å². The van der Waals surface area contributed by atoms with Crippen molar-refractivity contribution in [3.8, 4) is 0 Å². The number of benzene rings is 1. The molecule has 6 heteroatoms. The molecule has 22 heavy (non-hydrogen) atoms. The summed E-state index contributed by atoms with van der Waals surface area (Å²) in [5.74, 6) is 0.658. The number of halogens is 1. The van der Waals surface area contributed by atoms with Crippen LogP contribution >= 0.6 is 11.6 Å². The molecule has 0 saturated carbocycles. The van der Waals surface area contributed by atoms with Gasteiger partial charge in [-0.05, 0) is 24.3 Å². The number of aliphatic hydroxyl groups is 1. The van der Waals surface area contributed by atoms with Crippen LogP contribution in [0.3, 0.4) is 0 Å². The summed E-state index contributed by atoms with van der Waals surface area (Å²) >= 11 is 6.05. The van der Waals surface area contributed by atoms with Crippen molar-refractivity contribution in [2.75, 3.05) is 6.61 Å². The largest absolute Gasteiger partial charge is 0.469 e. The molecule has 3 aromatic rings. The number of furan rings is 1. The van der Waals surface area contributed by atoms with Crippen LogP contribution in [-0.4, -0.2) is 21.3 Å². The second kappa shape index (κ2) is 6.34. The first-order valence-electron chi connectivity index (χ1n) is 6.96. The Bertz CT molecular complexity index is 827. The number of para-hydroxylation sites is 1. The third kappa shape index (κ3) is 2.91. The molecule has 1 aromatic carbocycles. The minimum absolute atomic E-state index is 0.0409. The van der Waals surface area contributed by atoms with Gasteiger partial charge in [0.05, 0.1) is 28.5 Å². The Balaban J connectivity index is 1.90. The van der Waals surface area contributed by atoms with Gasteiger partial charge in [0.1, 0.15) is 5.76 Å². The number of aliphatic hydroxyl groups excluding tert-OH is 1. The molecule has 0 saturated heterocycles. The Morgan fingerprint density at radius 1 is 1.32 bits per heavy atom. The van der Waals surface area contributed by atoms with Gasteiger partial charge < -0.3 is 9.52 Å². The monoisotopic (exact) mass is 318 g/mol. The standard InChI is InChI=1S/C16H15ClN2O3/c17-14-5-1-4-13-15(14)18-10-19(16(13)21)8-11(9-20)7-12-3-2-6-22-12/h1-6,10-11,20H,7-9H2. The second-order valence-electron chi connectivity index (χ2n) is 5.17. The van der Waals surface area contributed by atoms with Gasteiger partial charge in [-0.2, -0.15) is 0 Å². The van der Waals surface area contributed by atoms with E-state index in [4.69, 9.17) is 16.0 Å². The van der Waals surface area contributed by atoms with E-state index in [-0.39, 0.29) is 18.1 Å². The van der Waals surface area contributed by atoms with E-state index < -0.39 is 0 Å². The molecular weight excluding hydrogens is 304 g/mol. The molecule has 3 rings (SSSR count). The molecule has 0 aliphatic heterocycles. The Morgan fingerprint density at radius 3 is 2.91 bits per heavy atom. The highest BCUT2D eigenvalue weighted by molar-refractivity contribution is 6.34. The smallest absolute Gasteiger partial charge is 0.261 e. The van der Waals surface area contributed by atoms with Crippen LogP contribution in [0.4, 0.5) is 0 Å². The molecule has 0 radical (unpaired) electrons. The molecule has 0 spiro atoms. The molecule has 2 aromatic heterocycles. The number of hydrogen-bond acceptors (Lipinski definition) is 4. The van der Waals surface area contributed by atoms with Crippen molar-refractivity contribution >= 4 is 22.5 Å². The van der Waals surface area contributed by atoms with Crippen LogP contribution in [0.15, 0.2) is 52.1 Å². The van der Waals surface area contributed by atoms with Crippen molar-refractivity contribution < 1.29 is 9.52 Å². The highest BCUT2D eigenvalue weighted by Gasteiger charge is 2.14. The molecule has 2 heterocycles. The predicted octanol–water partition coefficient (Wildman–Crippen LogP) is 2.49. The van der Waals surface area contributed by atoms with Crippen molar-refractivity contribution in [2.24, 2.45) is 5.92 Å². The van der Waals surface area contributed by atoms with E-state index in [0.717, 1.165) is 5.76 Å². The van der Waals surface area contributed by atoms with Gasteiger partial charge in [-0.1, -0.05) is 17.7 Å². The van der Waals surface area contributed by atoms with E-state index in [1.54, 1.807) is 30.5 Å². The lowest BCUT2D eigenvalue weighted by Crippen LogP contribution is -2.27. The Kier molecular flexibility index (Phi) is 4.27. The minimum atomic E-state index is -0.162. The zero-order valence-electron chi connectivity index (χ0n) is 11.8. The lowest BCUT2D eigenvalue weighted by Gasteiger charge is -2.14. The highest BCUT2D eigenvalue weighted by atomic mass is 35.5. The molecule has 114 valence electrons. The Morgan fingerprint density at radius 2 is 2.18 bits per heavy atom. The third-order valence-electron chi connectivity index (χ3n) is 3.59. The van der Waals surface area contributed by atoms with E-state index in [9.17, 15) is 9.90 Å². The van der Waals surface area contributed by atoms with Gasteiger partial charge >= 0.3 is 0 Å². The molecule has 5 nitrogen and oxygen atoms in total. The quantitative estimate of drug-likeness (QED) is 0.785. The first-order valence-corrected chi connectivity index (χ1v) is 7.33. The van der Waals surface area contributed by atoms with Gasteiger partial charge in [0.25, 0.3) is 5.56 Å². The van der Waals surface area contributed by atoms with Crippen molar-refractivity contribution in [1.82, 2.24) is 9.55 Å². The fourth-order valence-electron chi connectivity index (χ4n) is 2.46. The fraction of sp³-hybridized carbons (Fsp3) is 0.250. The molecule has 0 aliphatic rings. The summed E-state index contributed by atoms with van der Waals surface area (Å²) in [6, 6.07) is 8.78. The maximum atomic E-state index is 12.5. The van der Waals surface area contributed by atoms with Crippen molar-refractivity contribution in [2.45, 2.75) is 13.0 Å². The Hall–Kier alpha value is -2.11. The molecule has 1 unspecified atom stereocenters. The lowest BCUT2D eigenvalue weighted by atomic mass is 10.0. The molecule has 1 atom stereocenters. The zero-order chi connectivity index (χ0) is 15.5. The second-order valence-corrected chi connectivity index (χ2v) is 5.58. The first-order chi connectivity index (χ1) is 10.7. The zero-order valence-corrected chi connectivity index (χ0v) is 12.5. The summed E-state index contributed by atoms with van der Waals surface area (Å²) in [6.07, 6.45) is 3.63. The summed E-state index contributed by atoms with van der Waals surface area (Å²) < 4.78 is 6.79. The average Bonchev–Trinajstić information content (AvgIpc) is 3.03. The molecule has 1 N–H and O–H groups in total. The van der Waals surface area contributed by atoms with Gasteiger partial charge in [0.2, 0.25) is 0 Å². The topological polar surface area (TPSA) is 68.3 Å². The van der Waals surface area contributed by atoms with Crippen LogP contribution in [0.1, 0.15) is 5.76 Å². The molecule has 0 aliphatic carbocycles. The van der Waals surface area contributed by atoms with E-state index in [1.807, 2.05) is 6.07 Å². The van der Waals surface area contributed by atoms with Crippen LogP contribution in [0.5, 0.6) is 0 Å². The van der Waals surface area contributed by atoms with Gasteiger partial charge in [-0.15, -0.1) is 0 Å². The SMILES string of the molecule is O=c1c2cccc(Cl)c2ncn1CC(CO)Cc1ccco1. The number of rotatable bonds is 5. The van der Waals surface area contributed by atoms with Crippen molar-refractivity contribution in [3.63, 3.8) is 0 Å². The molecule has 0 bridgehead atoms. The summed E-state index contributed by atoms with van der Waals surface area (Å²) in [4.78, 5) is 16.7. The van der Waals surface area contributed by atoms with Crippen LogP contribution in [0.2, 0.25) is 5.02 Å². The maximum Gasteiger partial charge on any atom is 0.261 e. The summed E-state index contributed by atoms with van der Waals surface area (Å²) in [7, 11) is 0. The molecular formula is C16H15ClN2O3. The molecule has 0 fully saturated rings. The maximum absolute atomic E-state index is 12.5. The number of aromatic nitrogens is 2. The van der Waals surface area contributed by atoms with Gasteiger partial charge in [0.15, 0.2) is 0 Å². The summed E-state index contributed by atoms with van der Waals surface area (Å²) in [5.41, 5.74) is 0.336. The summed E-state index contributed by atoms with van der Waals surface area (Å²) in [6.45, 7) is 0.326. The molecule has 0 amide bonds. The first kappa shape index (κ1) is 14.8. The highest BCUT2D eigenvalue weighted by Crippen LogP contribution is 2.18. The van der Waals surface area contributed by atoms with Gasteiger partial charge in [-0.3, -0.25) is 9.36 Å². The van der Waals surface area contributed by atoms with E-state index >= 15 is 0 Å².